The van der Waals surface area contributed by atoms with Crippen LogP contribution in [0.2, 0.25) is 0 Å². The Morgan fingerprint density at radius 1 is 0.612 bits per heavy atom. The second-order valence-electron chi connectivity index (χ2n) is 12.8. The number of esters is 2. The minimum atomic E-state index is -4.37. The van der Waals surface area contributed by atoms with Gasteiger partial charge in [0.2, 0.25) is 0 Å². The van der Waals surface area contributed by atoms with Gasteiger partial charge >= 0.3 is 19.8 Å². The van der Waals surface area contributed by atoms with E-state index in [1.54, 1.807) is 0 Å². The Balaban J connectivity index is 4.22. The Morgan fingerprint density at radius 3 is 1.63 bits per heavy atom. The molecule has 2 unspecified atom stereocenters. The van der Waals surface area contributed by atoms with Crippen molar-refractivity contribution in [1.29, 1.82) is 0 Å². The highest BCUT2D eigenvalue weighted by molar-refractivity contribution is 7.47. The van der Waals surface area contributed by atoms with Crippen LogP contribution in [0.4, 0.5) is 0 Å². The van der Waals surface area contributed by atoms with E-state index in [2.05, 4.69) is 50.3 Å². The molecule has 2 atom stereocenters. The first-order valence-corrected chi connectivity index (χ1v) is 21.0. The average molecular weight is 714 g/mol. The Labute approximate surface area is 299 Å². The quantitative estimate of drug-likeness (QED) is 0.0281. The lowest BCUT2D eigenvalue weighted by atomic mass is 10.1. The number of hydrogen-bond donors (Lipinski definition) is 2. The van der Waals surface area contributed by atoms with Crippen molar-refractivity contribution >= 4 is 19.8 Å². The molecule has 0 saturated carbocycles. The summed E-state index contributed by atoms with van der Waals surface area (Å²) in [6.45, 7) is 3.63. The molecule has 0 aromatic heterocycles. The lowest BCUT2D eigenvalue weighted by Gasteiger charge is -2.19. The van der Waals surface area contributed by atoms with Gasteiger partial charge in [0.05, 0.1) is 13.2 Å². The molecule has 0 heterocycles. The molecule has 0 amide bonds. The van der Waals surface area contributed by atoms with Crippen LogP contribution in [0.5, 0.6) is 0 Å². The molecular weight excluding hydrogens is 641 g/mol. The molecule has 0 bridgehead atoms. The zero-order chi connectivity index (χ0) is 36.1. The summed E-state index contributed by atoms with van der Waals surface area (Å²) >= 11 is 0. The number of carbonyl (C=O) groups excluding carboxylic acids is 2. The van der Waals surface area contributed by atoms with E-state index in [1.165, 1.54) is 57.8 Å². The number of phosphoric ester groups is 1. The fraction of sp³-hybridized carbons (Fsp3) is 0.795. The van der Waals surface area contributed by atoms with Gasteiger partial charge in [0.25, 0.3) is 0 Å². The summed E-state index contributed by atoms with van der Waals surface area (Å²) in [5.74, 6) is -0.851. The standard InChI is InChI=1S/C39H72NO8P/c1-3-5-7-9-11-13-15-16-17-18-19-20-22-24-26-28-30-32-39(42)48-37(36-47-49(43,44)46-34-33-40)35-45-38(41)31-29-27-25-23-21-14-12-10-8-6-4-2/h10-13,16-17,37H,3-9,14-15,18-36,40H2,1-2H3,(H,43,44). The summed E-state index contributed by atoms with van der Waals surface area (Å²) in [5, 5.41) is 0. The molecular formula is C39H72NO8P. The van der Waals surface area contributed by atoms with Gasteiger partial charge in [-0.25, -0.2) is 4.57 Å². The first-order valence-electron chi connectivity index (χ1n) is 19.5. The van der Waals surface area contributed by atoms with E-state index in [0.717, 1.165) is 77.0 Å². The van der Waals surface area contributed by atoms with Crippen LogP contribution >= 0.6 is 7.82 Å². The maximum absolute atomic E-state index is 12.5. The van der Waals surface area contributed by atoms with Crippen LogP contribution < -0.4 is 5.73 Å². The zero-order valence-corrected chi connectivity index (χ0v) is 32.1. The van der Waals surface area contributed by atoms with Crippen LogP contribution in [0.1, 0.15) is 168 Å². The second-order valence-corrected chi connectivity index (χ2v) is 14.2. The number of rotatable bonds is 36. The second kappa shape index (κ2) is 36.0. The molecule has 0 radical (unpaired) electrons. The average Bonchev–Trinajstić information content (AvgIpc) is 3.08. The highest BCUT2D eigenvalue weighted by atomic mass is 31.2. The third-order valence-corrected chi connectivity index (χ3v) is 8.98. The topological polar surface area (TPSA) is 134 Å². The number of unbranched alkanes of at least 4 members (excludes halogenated alkanes) is 17. The van der Waals surface area contributed by atoms with Crippen molar-refractivity contribution in [3.63, 3.8) is 0 Å². The SMILES string of the molecule is CCCCC=CCCCCCCCC(=O)OCC(COP(=O)(O)OCCN)OC(=O)CCCCCCCCCC=CCC=CCCCCC. The van der Waals surface area contributed by atoms with Gasteiger partial charge in [0.1, 0.15) is 6.61 Å². The molecule has 286 valence electrons. The lowest BCUT2D eigenvalue weighted by Crippen LogP contribution is -2.29. The summed E-state index contributed by atoms with van der Waals surface area (Å²) in [5.41, 5.74) is 5.33. The Hall–Kier alpha value is -1.77. The van der Waals surface area contributed by atoms with Crippen LogP contribution in [0.3, 0.4) is 0 Å². The number of ether oxygens (including phenoxy) is 2. The highest BCUT2D eigenvalue weighted by Gasteiger charge is 2.25. The molecule has 0 aromatic rings. The maximum Gasteiger partial charge on any atom is 0.472 e. The van der Waals surface area contributed by atoms with Crippen molar-refractivity contribution < 1.29 is 37.6 Å². The van der Waals surface area contributed by atoms with E-state index < -0.39 is 32.5 Å². The van der Waals surface area contributed by atoms with Gasteiger partial charge in [-0.3, -0.25) is 18.6 Å². The summed E-state index contributed by atoms with van der Waals surface area (Å²) in [6, 6.07) is 0. The predicted molar refractivity (Wildman–Crippen MR) is 201 cm³/mol. The maximum atomic E-state index is 12.5. The minimum Gasteiger partial charge on any atom is -0.462 e. The van der Waals surface area contributed by atoms with Crippen LogP contribution in [0, 0.1) is 0 Å². The third-order valence-electron chi connectivity index (χ3n) is 8.00. The van der Waals surface area contributed by atoms with E-state index in [-0.39, 0.29) is 32.6 Å². The summed E-state index contributed by atoms with van der Waals surface area (Å²) in [6.07, 6.45) is 37.4. The normalized spacial score (nSPS) is 13.8. The monoisotopic (exact) mass is 713 g/mol. The molecule has 0 aliphatic rings. The molecule has 10 heteroatoms. The number of allylic oxidation sites excluding steroid dienone is 6. The predicted octanol–water partition coefficient (Wildman–Crippen LogP) is 10.6. The summed E-state index contributed by atoms with van der Waals surface area (Å²) < 4.78 is 32.6. The fourth-order valence-electron chi connectivity index (χ4n) is 5.06. The number of phosphoric acid groups is 1. The number of carbonyl (C=O) groups is 2. The lowest BCUT2D eigenvalue weighted by molar-refractivity contribution is -0.161. The van der Waals surface area contributed by atoms with Crippen molar-refractivity contribution in [3.8, 4) is 0 Å². The van der Waals surface area contributed by atoms with Gasteiger partial charge in [-0.2, -0.15) is 0 Å². The van der Waals surface area contributed by atoms with Crippen molar-refractivity contribution in [2.75, 3.05) is 26.4 Å². The zero-order valence-electron chi connectivity index (χ0n) is 31.2. The van der Waals surface area contributed by atoms with Crippen molar-refractivity contribution in [3.05, 3.63) is 36.5 Å². The van der Waals surface area contributed by atoms with E-state index in [4.69, 9.17) is 24.3 Å². The van der Waals surface area contributed by atoms with Crippen LogP contribution in [-0.2, 0) is 32.7 Å². The molecule has 0 fully saturated rings. The van der Waals surface area contributed by atoms with Gasteiger partial charge in [0, 0.05) is 19.4 Å². The first kappa shape index (κ1) is 47.2. The van der Waals surface area contributed by atoms with Crippen molar-refractivity contribution in [1.82, 2.24) is 0 Å². The van der Waals surface area contributed by atoms with Crippen molar-refractivity contribution in [2.24, 2.45) is 5.73 Å². The molecule has 0 aliphatic heterocycles. The van der Waals surface area contributed by atoms with Crippen LogP contribution in [0.15, 0.2) is 36.5 Å². The first-order chi connectivity index (χ1) is 23.8. The molecule has 0 saturated heterocycles. The van der Waals surface area contributed by atoms with Gasteiger partial charge in [-0.1, -0.05) is 127 Å². The Bertz CT molecular complexity index is 907. The molecule has 0 aliphatic carbocycles. The molecule has 3 N–H and O–H groups in total. The largest absolute Gasteiger partial charge is 0.472 e. The molecule has 0 rings (SSSR count). The Morgan fingerprint density at radius 2 is 1.08 bits per heavy atom. The molecule has 49 heavy (non-hydrogen) atoms. The third kappa shape index (κ3) is 35.8. The van der Waals surface area contributed by atoms with Gasteiger partial charge in [-0.05, 0) is 64.2 Å². The fourth-order valence-corrected chi connectivity index (χ4v) is 5.82. The number of nitrogens with two attached hydrogens (primary N) is 1. The Kier molecular flexibility index (Phi) is 34.7. The van der Waals surface area contributed by atoms with E-state index in [1.807, 2.05) is 0 Å². The van der Waals surface area contributed by atoms with Crippen molar-refractivity contribution in [2.45, 2.75) is 174 Å². The van der Waals surface area contributed by atoms with E-state index in [9.17, 15) is 19.0 Å². The van der Waals surface area contributed by atoms with Gasteiger partial charge in [0.15, 0.2) is 6.10 Å². The minimum absolute atomic E-state index is 0.0503. The van der Waals surface area contributed by atoms with Gasteiger partial charge in [-0.15, -0.1) is 0 Å². The van der Waals surface area contributed by atoms with Gasteiger partial charge < -0.3 is 20.1 Å². The highest BCUT2D eigenvalue weighted by Crippen LogP contribution is 2.43. The molecule has 9 nitrogen and oxygen atoms in total. The molecule has 0 spiro atoms. The summed E-state index contributed by atoms with van der Waals surface area (Å²) in [4.78, 5) is 34.7. The van der Waals surface area contributed by atoms with E-state index >= 15 is 0 Å². The molecule has 0 aromatic carbocycles. The van der Waals surface area contributed by atoms with Crippen LogP contribution in [0.25, 0.3) is 0 Å². The van der Waals surface area contributed by atoms with Crippen LogP contribution in [-0.4, -0.2) is 49.3 Å². The smallest absolute Gasteiger partial charge is 0.462 e. The summed E-state index contributed by atoms with van der Waals surface area (Å²) in [7, 11) is -4.37. The van der Waals surface area contributed by atoms with E-state index in [0.29, 0.717) is 6.42 Å². The number of hydrogen-bond acceptors (Lipinski definition) is 8.